The number of benzene rings is 1. The zero-order valence-corrected chi connectivity index (χ0v) is 16.8. The highest BCUT2D eigenvalue weighted by atomic mass is 15.3. The number of rotatable bonds is 4. The molecule has 7 nitrogen and oxygen atoms in total. The van der Waals surface area contributed by atoms with E-state index < -0.39 is 0 Å². The molecule has 5 rings (SSSR count). The molecule has 3 N–H and O–H groups in total. The number of hydrogen-bond acceptors (Lipinski definition) is 6. The molecule has 152 valence electrons. The molecule has 0 unspecified atom stereocenters. The standard InChI is InChI=1S/C23H25N7/c24-22-21(20-7-1-2-9-26-20)23-27-14-19(16-30(23)28-22)18-6-3-5-17(13-18)15-29-11-4-8-25-10-12-29/h1-3,5-7,9,13-14,16,25H,4,8,10-12,15H2,(H2,24,28). The fourth-order valence-corrected chi connectivity index (χ4v) is 4.02. The molecule has 30 heavy (non-hydrogen) atoms. The predicted octanol–water partition coefficient (Wildman–Crippen LogP) is 2.84. The molecular weight excluding hydrogens is 374 g/mol. The summed E-state index contributed by atoms with van der Waals surface area (Å²) in [5.74, 6) is 0.432. The number of fused-ring (bicyclic) bond motifs is 1. The molecule has 1 aromatic carbocycles. The third-order valence-electron chi connectivity index (χ3n) is 5.52. The fourth-order valence-electron chi connectivity index (χ4n) is 4.02. The number of anilines is 1. The molecule has 0 saturated carbocycles. The van der Waals surface area contributed by atoms with Gasteiger partial charge in [-0.15, -0.1) is 5.10 Å². The molecule has 0 aliphatic carbocycles. The first-order valence-electron chi connectivity index (χ1n) is 10.4. The largest absolute Gasteiger partial charge is 0.382 e. The Morgan fingerprint density at radius 1 is 1.00 bits per heavy atom. The van der Waals surface area contributed by atoms with Gasteiger partial charge in [0.2, 0.25) is 0 Å². The lowest BCUT2D eigenvalue weighted by molar-refractivity contribution is 0.284. The highest BCUT2D eigenvalue weighted by Gasteiger charge is 2.15. The number of hydrogen-bond donors (Lipinski definition) is 2. The van der Waals surface area contributed by atoms with Crippen LogP contribution in [0.4, 0.5) is 5.82 Å². The maximum Gasteiger partial charge on any atom is 0.166 e. The first-order valence-corrected chi connectivity index (χ1v) is 10.4. The quantitative estimate of drug-likeness (QED) is 0.549. The van der Waals surface area contributed by atoms with Crippen LogP contribution in [-0.4, -0.2) is 50.7 Å². The van der Waals surface area contributed by atoms with Gasteiger partial charge in [0.15, 0.2) is 11.5 Å². The number of nitrogen functional groups attached to an aromatic ring is 1. The van der Waals surface area contributed by atoms with Gasteiger partial charge in [-0.1, -0.05) is 24.3 Å². The van der Waals surface area contributed by atoms with Crippen LogP contribution in [-0.2, 0) is 6.54 Å². The molecule has 0 bridgehead atoms. The summed E-state index contributed by atoms with van der Waals surface area (Å²) in [7, 11) is 0. The Balaban J connectivity index is 1.45. The SMILES string of the molecule is Nc1nn2cc(-c3cccc(CN4CCCNCC4)c3)cnc2c1-c1ccccn1. The highest BCUT2D eigenvalue weighted by Crippen LogP contribution is 2.29. The number of nitrogens with two attached hydrogens (primary N) is 1. The average Bonchev–Trinajstić information content (AvgIpc) is 2.92. The van der Waals surface area contributed by atoms with Gasteiger partial charge in [-0.3, -0.25) is 9.88 Å². The van der Waals surface area contributed by atoms with Gasteiger partial charge < -0.3 is 11.1 Å². The lowest BCUT2D eigenvalue weighted by Crippen LogP contribution is -2.27. The Kier molecular flexibility index (Phi) is 5.13. The summed E-state index contributed by atoms with van der Waals surface area (Å²) in [5, 5.41) is 7.94. The van der Waals surface area contributed by atoms with Crippen LogP contribution < -0.4 is 11.1 Å². The smallest absolute Gasteiger partial charge is 0.166 e. The molecule has 1 saturated heterocycles. The molecule has 1 fully saturated rings. The van der Waals surface area contributed by atoms with Crippen molar-refractivity contribution < 1.29 is 0 Å². The van der Waals surface area contributed by atoms with Crippen molar-refractivity contribution in [3.8, 4) is 22.4 Å². The van der Waals surface area contributed by atoms with Crippen molar-refractivity contribution >= 4 is 11.5 Å². The second-order valence-corrected chi connectivity index (χ2v) is 7.67. The zero-order chi connectivity index (χ0) is 20.3. The minimum Gasteiger partial charge on any atom is -0.382 e. The molecular formula is C23H25N7. The van der Waals surface area contributed by atoms with Crippen LogP contribution in [0, 0.1) is 0 Å². The van der Waals surface area contributed by atoms with Crippen molar-refractivity contribution in [2.24, 2.45) is 0 Å². The molecule has 0 spiro atoms. The van der Waals surface area contributed by atoms with Gasteiger partial charge in [-0.05, 0) is 48.8 Å². The van der Waals surface area contributed by atoms with Crippen molar-refractivity contribution in [1.82, 2.24) is 29.8 Å². The molecule has 0 atom stereocenters. The highest BCUT2D eigenvalue weighted by molar-refractivity contribution is 5.84. The van der Waals surface area contributed by atoms with Crippen LogP contribution in [0.2, 0.25) is 0 Å². The van der Waals surface area contributed by atoms with Gasteiger partial charge >= 0.3 is 0 Å². The summed E-state index contributed by atoms with van der Waals surface area (Å²) >= 11 is 0. The molecule has 1 aliphatic rings. The second kappa shape index (κ2) is 8.22. The van der Waals surface area contributed by atoms with Crippen LogP contribution >= 0.6 is 0 Å². The van der Waals surface area contributed by atoms with Crippen molar-refractivity contribution in [2.45, 2.75) is 13.0 Å². The number of aromatic nitrogens is 4. The van der Waals surface area contributed by atoms with E-state index in [-0.39, 0.29) is 0 Å². The summed E-state index contributed by atoms with van der Waals surface area (Å²) in [4.78, 5) is 11.6. The third-order valence-corrected chi connectivity index (χ3v) is 5.52. The Hall–Kier alpha value is -3.29. The van der Waals surface area contributed by atoms with Crippen LogP contribution in [0.5, 0.6) is 0 Å². The van der Waals surface area contributed by atoms with Crippen molar-refractivity contribution in [1.29, 1.82) is 0 Å². The number of nitrogens with zero attached hydrogens (tertiary/aromatic N) is 5. The maximum atomic E-state index is 6.19. The summed E-state index contributed by atoms with van der Waals surface area (Å²) in [5.41, 5.74) is 11.9. The van der Waals surface area contributed by atoms with E-state index in [1.165, 1.54) is 12.0 Å². The minimum atomic E-state index is 0.432. The molecule has 1 aliphatic heterocycles. The molecule has 4 aromatic rings. The van der Waals surface area contributed by atoms with Crippen LogP contribution in [0.15, 0.2) is 61.1 Å². The van der Waals surface area contributed by atoms with Gasteiger partial charge in [0.25, 0.3) is 0 Å². The zero-order valence-electron chi connectivity index (χ0n) is 16.8. The molecule has 0 radical (unpaired) electrons. The second-order valence-electron chi connectivity index (χ2n) is 7.67. The van der Waals surface area contributed by atoms with Crippen LogP contribution in [0.3, 0.4) is 0 Å². The van der Waals surface area contributed by atoms with Crippen LogP contribution in [0.1, 0.15) is 12.0 Å². The Morgan fingerprint density at radius 2 is 1.97 bits per heavy atom. The maximum absolute atomic E-state index is 6.19. The van der Waals surface area contributed by atoms with Gasteiger partial charge in [-0.25, -0.2) is 9.50 Å². The molecule has 3 aromatic heterocycles. The van der Waals surface area contributed by atoms with E-state index in [1.54, 1.807) is 10.7 Å². The molecule has 7 heteroatoms. The van der Waals surface area contributed by atoms with E-state index in [0.717, 1.165) is 55.1 Å². The van der Waals surface area contributed by atoms with Gasteiger partial charge in [0, 0.05) is 43.8 Å². The molecule has 0 amide bonds. The first-order chi connectivity index (χ1) is 14.8. The van der Waals surface area contributed by atoms with Crippen molar-refractivity contribution in [2.75, 3.05) is 31.9 Å². The Bertz CT molecular complexity index is 1140. The Morgan fingerprint density at radius 3 is 2.87 bits per heavy atom. The van der Waals surface area contributed by atoms with E-state index in [1.807, 2.05) is 30.6 Å². The summed E-state index contributed by atoms with van der Waals surface area (Å²) in [6.45, 7) is 5.34. The van der Waals surface area contributed by atoms with Gasteiger partial charge in [-0.2, -0.15) is 0 Å². The summed E-state index contributed by atoms with van der Waals surface area (Å²) in [6.07, 6.45) is 6.82. The van der Waals surface area contributed by atoms with E-state index >= 15 is 0 Å². The minimum absolute atomic E-state index is 0.432. The van der Waals surface area contributed by atoms with Crippen LogP contribution in [0.25, 0.3) is 28.0 Å². The first kappa shape index (κ1) is 18.7. The van der Waals surface area contributed by atoms with Crippen molar-refractivity contribution in [3.05, 3.63) is 66.6 Å². The van der Waals surface area contributed by atoms with Gasteiger partial charge in [0.05, 0.1) is 11.3 Å². The van der Waals surface area contributed by atoms with E-state index in [4.69, 9.17) is 5.73 Å². The lowest BCUT2D eigenvalue weighted by atomic mass is 10.1. The average molecular weight is 400 g/mol. The topological polar surface area (TPSA) is 84.4 Å². The monoisotopic (exact) mass is 399 g/mol. The Labute approximate surface area is 175 Å². The summed E-state index contributed by atoms with van der Waals surface area (Å²) < 4.78 is 1.75. The number of nitrogens with one attached hydrogen (secondary N) is 1. The summed E-state index contributed by atoms with van der Waals surface area (Å²) in [6, 6.07) is 14.4. The molecule has 4 heterocycles. The van der Waals surface area contributed by atoms with Gasteiger partial charge in [0.1, 0.15) is 0 Å². The van der Waals surface area contributed by atoms with Crippen molar-refractivity contribution in [3.63, 3.8) is 0 Å². The van der Waals surface area contributed by atoms with E-state index in [2.05, 4.69) is 49.5 Å². The van der Waals surface area contributed by atoms with E-state index in [0.29, 0.717) is 11.5 Å². The lowest BCUT2D eigenvalue weighted by Gasteiger charge is -2.19. The normalized spacial score (nSPS) is 15.3. The number of pyridine rings is 1. The fraction of sp³-hybridized carbons (Fsp3) is 0.261. The van der Waals surface area contributed by atoms with E-state index in [9.17, 15) is 0 Å². The third kappa shape index (κ3) is 3.77. The predicted molar refractivity (Wildman–Crippen MR) is 119 cm³/mol.